The summed E-state index contributed by atoms with van der Waals surface area (Å²) in [5, 5.41) is 9.78. The van der Waals surface area contributed by atoms with Crippen LogP contribution in [0.3, 0.4) is 0 Å². The minimum absolute atomic E-state index is 0.0437. The van der Waals surface area contributed by atoms with Gasteiger partial charge in [0.25, 0.3) is 5.91 Å². The predicted octanol–water partition coefficient (Wildman–Crippen LogP) is 1.50. The average molecular weight is 254 g/mol. The normalized spacial score (nSPS) is 12.2. The molecule has 0 saturated heterocycles. The minimum atomic E-state index is -0.0437. The third kappa shape index (κ3) is 4.36. The summed E-state index contributed by atoms with van der Waals surface area (Å²) in [6.45, 7) is 2.17. The monoisotopic (exact) mass is 254 g/mol. The molecule has 94 valence electrons. The molecule has 1 rings (SSSR count). The molecule has 4 nitrogen and oxygen atoms in total. The first-order valence-electron chi connectivity index (χ1n) is 5.46. The zero-order chi connectivity index (χ0) is 12.8. The lowest BCUT2D eigenvalue weighted by atomic mass is 10.2. The molecule has 0 bridgehead atoms. The third-order valence-electron chi connectivity index (χ3n) is 2.22. The van der Waals surface area contributed by atoms with E-state index >= 15 is 0 Å². The van der Waals surface area contributed by atoms with Crippen molar-refractivity contribution in [1.29, 1.82) is 0 Å². The Morgan fingerprint density at radius 1 is 1.53 bits per heavy atom. The fourth-order valence-electron chi connectivity index (χ4n) is 1.13. The van der Waals surface area contributed by atoms with Gasteiger partial charge in [0, 0.05) is 32.7 Å². The molecule has 0 aliphatic rings. The van der Waals surface area contributed by atoms with Crippen LogP contribution in [0.15, 0.2) is 23.4 Å². The van der Waals surface area contributed by atoms with E-state index in [0.29, 0.717) is 5.56 Å². The standard InChI is InChI=1S/C12H18N2O2S/c1-9(7-15)8-17-11-5-4-10(6-13-11)12(16)14(2)3/h4-6,9,15H,7-8H2,1-3H3. The number of aliphatic hydroxyl groups excluding tert-OH is 1. The molecule has 1 aromatic rings. The zero-order valence-corrected chi connectivity index (χ0v) is 11.2. The summed E-state index contributed by atoms with van der Waals surface area (Å²) in [4.78, 5) is 17.4. The van der Waals surface area contributed by atoms with Crippen molar-refractivity contribution in [3.05, 3.63) is 23.9 Å². The van der Waals surface area contributed by atoms with Gasteiger partial charge in [-0.15, -0.1) is 11.8 Å². The van der Waals surface area contributed by atoms with Gasteiger partial charge in [0.2, 0.25) is 0 Å². The van der Waals surface area contributed by atoms with Gasteiger partial charge in [-0.25, -0.2) is 4.98 Å². The van der Waals surface area contributed by atoms with E-state index in [2.05, 4.69) is 4.98 Å². The molecule has 0 aliphatic carbocycles. The molecule has 0 fully saturated rings. The molecule has 0 saturated carbocycles. The Hall–Kier alpha value is -1.07. The van der Waals surface area contributed by atoms with Crippen LogP contribution < -0.4 is 0 Å². The van der Waals surface area contributed by atoms with E-state index < -0.39 is 0 Å². The Kier molecular flexibility index (Phi) is 5.44. The number of hydrogen-bond acceptors (Lipinski definition) is 4. The van der Waals surface area contributed by atoms with Gasteiger partial charge in [-0.3, -0.25) is 4.79 Å². The number of aliphatic hydroxyl groups is 1. The summed E-state index contributed by atoms with van der Waals surface area (Å²) in [6, 6.07) is 3.62. The topological polar surface area (TPSA) is 53.4 Å². The third-order valence-corrected chi connectivity index (χ3v) is 3.49. The van der Waals surface area contributed by atoms with Crippen LogP contribution >= 0.6 is 11.8 Å². The number of nitrogens with zero attached hydrogens (tertiary/aromatic N) is 2. The van der Waals surface area contributed by atoms with E-state index in [4.69, 9.17) is 5.11 Å². The molecule has 5 heteroatoms. The fraction of sp³-hybridized carbons (Fsp3) is 0.500. The quantitative estimate of drug-likeness (QED) is 0.809. The van der Waals surface area contributed by atoms with Crippen LogP contribution in [0.5, 0.6) is 0 Å². The maximum absolute atomic E-state index is 11.6. The van der Waals surface area contributed by atoms with Gasteiger partial charge in [0.15, 0.2) is 0 Å². The molecule has 1 heterocycles. The summed E-state index contributed by atoms with van der Waals surface area (Å²) in [5.41, 5.74) is 0.592. The van der Waals surface area contributed by atoms with Gasteiger partial charge >= 0.3 is 0 Å². The lowest BCUT2D eigenvalue weighted by molar-refractivity contribution is 0.0827. The van der Waals surface area contributed by atoms with E-state index in [1.165, 1.54) is 4.90 Å². The van der Waals surface area contributed by atoms with Crippen LogP contribution in [0.2, 0.25) is 0 Å². The van der Waals surface area contributed by atoms with Gasteiger partial charge in [-0.1, -0.05) is 6.92 Å². The SMILES string of the molecule is CC(CO)CSc1ccc(C(=O)N(C)C)cn1. The number of pyridine rings is 1. The van der Waals surface area contributed by atoms with Gasteiger partial charge in [0.1, 0.15) is 0 Å². The number of rotatable bonds is 5. The Balaban J connectivity index is 2.59. The van der Waals surface area contributed by atoms with Crippen molar-refractivity contribution in [2.24, 2.45) is 5.92 Å². The van der Waals surface area contributed by atoms with Crippen molar-refractivity contribution in [3.63, 3.8) is 0 Å². The van der Waals surface area contributed by atoms with E-state index in [-0.39, 0.29) is 18.4 Å². The maximum Gasteiger partial charge on any atom is 0.254 e. The Morgan fingerprint density at radius 3 is 2.71 bits per heavy atom. The van der Waals surface area contributed by atoms with E-state index in [1.54, 1.807) is 38.1 Å². The summed E-state index contributed by atoms with van der Waals surface area (Å²) in [5.74, 6) is 1.03. The number of carbonyl (C=O) groups is 1. The van der Waals surface area contributed by atoms with Crippen LogP contribution in [0.4, 0.5) is 0 Å². The van der Waals surface area contributed by atoms with Gasteiger partial charge < -0.3 is 10.0 Å². The lowest BCUT2D eigenvalue weighted by Crippen LogP contribution is -2.21. The first-order chi connectivity index (χ1) is 8.04. The summed E-state index contributed by atoms with van der Waals surface area (Å²) >= 11 is 1.59. The molecule has 0 aliphatic heterocycles. The van der Waals surface area contributed by atoms with Crippen molar-refractivity contribution in [1.82, 2.24) is 9.88 Å². The van der Waals surface area contributed by atoms with E-state index in [9.17, 15) is 4.79 Å². The van der Waals surface area contributed by atoms with Gasteiger partial charge in [-0.05, 0) is 18.1 Å². The largest absolute Gasteiger partial charge is 0.396 e. The first-order valence-corrected chi connectivity index (χ1v) is 6.44. The maximum atomic E-state index is 11.6. The van der Waals surface area contributed by atoms with Crippen molar-refractivity contribution in [2.45, 2.75) is 11.9 Å². The molecule has 1 amide bonds. The van der Waals surface area contributed by atoms with Crippen LogP contribution in [-0.4, -0.2) is 47.4 Å². The Bertz CT molecular complexity index is 365. The highest BCUT2D eigenvalue weighted by Gasteiger charge is 2.08. The highest BCUT2D eigenvalue weighted by atomic mass is 32.2. The second-order valence-electron chi connectivity index (χ2n) is 4.18. The number of amides is 1. The summed E-state index contributed by atoms with van der Waals surface area (Å²) < 4.78 is 0. The van der Waals surface area contributed by atoms with Crippen molar-refractivity contribution >= 4 is 17.7 Å². The fourth-order valence-corrected chi connectivity index (χ4v) is 1.98. The molecule has 1 aromatic heterocycles. The molecule has 0 spiro atoms. The number of thioether (sulfide) groups is 1. The highest BCUT2D eigenvalue weighted by molar-refractivity contribution is 7.99. The van der Waals surface area contributed by atoms with Crippen LogP contribution in [-0.2, 0) is 0 Å². The van der Waals surface area contributed by atoms with Gasteiger partial charge in [0.05, 0.1) is 10.6 Å². The first kappa shape index (κ1) is 14.0. The Labute approximate surface area is 106 Å². The molecular formula is C12H18N2O2S. The molecule has 17 heavy (non-hydrogen) atoms. The average Bonchev–Trinajstić information content (AvgIpc) is 2.35. The lowest BCUT2D eigenvalue weighted by Gasteiger charge is -2.10. The second-order valence-corrected chi connectivity index (χ2v) is 5.22. The number of carbonyl (C=O) groups excluding carboxylic acids is 1. The van der Waals surface area contributed by atoms with Crippen LogP contribution in [0.1, 0.15) is 17.3 Å². The van der Waals surface area contributed by atoms with Crippen molar-refractivity contribution in [3.8, 4) is 0 Å². The van der Waals surface area contributed by atoms with Gasteiger partial charge in [-0.2, -0.15) is 0 Å². The predicted molar refractivity (Wildman–Crippen MR) is 69.2 cm³/mol. The van der Waals surface area contributed by atoms with Crippen molar-refractivity contribution in [2.75, 3.05) is 26.5 Å². The minimum Gasteiger partial charge on any atom is -0.396 e. The molecule has 1 N–H and O–H groups in total. The van der Waals surface area contributed by atoms with Crippen molar-refractivity contribution < 1.29 is 9.90 Å². The zero-order valence-electron chi connectivity index (χ0n) is 10.4. The molecule has 1 unspecified atom stereocenters. The van der Waals surface area contributed by atoms with Crippen LogP contribution in [0, 0.1) is 5.92 Å². The van der Waals surface area contributed by atoms with Crippen LogP contribution in [0.25, 0.3) is 0 Å². The molecule has 0 radical (unpaired) electrons. The van der Waals surface area contributed by atoms with E-state index in [1.807, 2.05) is 13.0 Å². The van der Waals surface area contributed by atoms with E-state index in [0.717, 1.165) is 10.8 Å². The summed E-state index contributed by atoms with van der Waals surface area (Å²) in [6.07, 6.45) is 1.59. The smallest absolute Gasteiger partial charge is 0.254 e. The second kappa shape index (κ2) is 6.61. The number of hydrogen-bond donors (Lipinski definition) is 1. The molecular weight excluding hydrogens is 236 g/mol. The molecule has 0 aromatic carbocycles. The number of aromatic nitrogens is 1. The highest BCUT2D eigenvalue weighted by Crippen LogP contribution is 2.18. The molecule has 1 atom stereocenters. The Morgan fingerprint density at radius 2 is 2.24 bits per heavy atom. The summed E-state index contributed by atoms with van der Waals surface area (Å²) in [7, 11) is 3.43.